The molecule has 0 aliphatic heterocycles. The Morgan fingerprint density at radius 2 is 2.05 bits per heavy atom. The largest absolute Gasteiger partial charge is 0.348 e. The molecule has 0 bridgehead atoms. The van der Waals surface area contributed by atoms with Crippen molar-refractivity contribution in [2.45, 2.75) is 65.0 Å². The predicted octanol–water partition coefficient (Wildman–Crippen LogP) is 2.35. The molecule has 0 atom stereocenters. The van der Waals surface area contributed by atoms with Crippen molar-refractivity contribution in [3.8, 4) is 0 Å². The van der Waals surface area contributed by atoms with Gasteiger partial charge in [-0.2, -0.15) is 5.10 Å². The Morgan fingerprint density at radius 3 is 2.71 bits per heavy atom. The van der Waals surface area contributed by atoms with Gasteiger partial charge >= 0.3 is 0 Å². The second kappa shape index (κ2) is 7.38. The van der Waals surface area contributed by atoms with Crippen LogP contribution in [0.3, 0.4) is 0 Å². The van der Waals surface area contributed by atoms with Gasteiger partial charge in [0.15, 0.2) is 0 Å². The number of unbranched alkanes of at least 4 members (excludes halogenated alkanes) is 1. The standard InChI is InChI=1S/C16H25N3O2/c1-3-4-11-19-15(20)10-9-14(18-19)16(21)17-13-7-5-12(2)6-8-13/h9-10,12-13H,3-8,11H2,1-2H3,(H,17,21). The average Bonchev–Trinajstić information content (AvgIpc) is 2.48. The van der Waals surface area contributed by atoms with Crippen molar-refractivity contribution in [2.75, 3.05) is 0 Å². The van der Waals surface area contributed by atoms with E-state index >= 15 is 0 Å². The molecule has 1 heterocycles. The summed E-state index contributed by atoms with van der Waals surface area (Å²) in [5.74, 6) is 0.590. The van der Waals surface area contributed by atoms with E-state index in [4.69, 9.17) is 0 Å². The van der Waals surface area contributed by atoms with Crippen molar-refractivity contribution in [3.05, 3.63) is 28.2 Å². The Labute approximate surface area is 125 Å². The highest BCUT2D eigenvalue weighted by molar-refractivity contribution is 5.92. The first-order valence-electron chi connectivity index (χ1n) is 7.99. The minimum Gasteiger partial charge on any atom is -0.348 e. The van der Waals surface area contributed by atoms with Gasteiger partial charge in [-0.05, 0) is 44.1 Å². The van der Waals surface area contributed by atoms with E-state index in [1.54, 1.807) is 0 Å². The third-order valence-corrected chi connectivity index (χ3v) is 4.17. The lowest BCUT2D eigenvalue weighted by Crippen LogP contribution is -2.38. The molecule has 1 saturated carbocycles. The van der Waals surface area contributed by atoms with Gasteiger partial charge in [-0.1, -0.05) is 20.3 Å². The predicted molar refractivity (Wildman–Crippen MR) is 82.3 cm³/mol. The van der Waals surface area contributed by atoms with E-state index in [0.717, 1.165) is 44.4 Å². The summed E-state index contributed by atoms with van der Waals surface area (Å²) in [7, 11) is 0. The molecule has 0 saturated heterocycles. The number of amides is 1. The zero-order chi connectivity index (χ0) is 15.2. The maximum atomic E-state index is 12.2. The summed E-state index contributed by atoms with van der Waals surface area (Å²) in [5.41, 5.74) is 0.191. The quantitative estimate of drug-likeness (QED) is 0.905. The van der Waals surface area contributed by atoms with E-state index in [9.17, 15) is 9.59 Å². The summed E-state index contributed by atoms with van der Waals surface area (Å²) in [6.45, 7) is 4.88. The van der Waals surface area contributed by atoms with Crippen LogP contribution < -0.4 is 10.9 Å². The van der Waals surface area contributed by atoms with E-state index < -0.39 is 0 Å². The third kappa shape index (κ3) is 4.41. The number of carbonyl (C=O) groups excluding carboxylic acids is 1. The number of aryl methyl sites for hydroxylation is 1. The minimum atomic E-state index is -0.167. The fourth-order valence-corrected chi connectivity index (χ4v) is 2.70. The number of carbonyl (C=O) groups is 1. The van der Waals surface area contributed by atoms with Gasteiger partial charge in [0.05, 0.1) is 0 Å². The van der Waals surface area contributed by atoms with Crippen LogP contribution in [0, 0.1) is 5.92 Å². The van der Waals surface area contributed by atoms with Crippen LogP contribution in [0.5, 0.6) is 0 Å². The van der Waals surface area contributed by atoms with Gasteiger partial charge in [0.2, 0.25) is 0 Å². The van der Waals surface area contributed by atoms with E-state index in [2.05, 4.69) is 24.3 Å². The molecule has 0 unspecified atom stereocenters. The fraction of sp³-hybridized carbons (Fsp3) is 0.688. The summed E-state index contributed by atoms with van der Waals surface area (Å²) in [5, 5.41) is 7.22. The van der Waals surface area contributed by atoms with Gasteiger partial charge in [-0.15, -0.1) is 0 Å². The van der Waals surface area contributed by atoms with Gasteiger partial charge in [-0.3, -0.25) is 9.59 Å². The lowest BCUT2D eigenvalue weighted by atomic mass is 9.87. The number of hydrogen-bond acceptors (Lipinski definition) is 3. The zero-order valence-corrected chi connectivity index (χ0v) is 13.0. The molecule has 1 amide bonds. The Kier molecular flexibility index (Phi) is 5.53. The lowest BCUT2D eigenvalue weighted by Gasteiger charge is -2.26. The van der Waals surface area contributed by atoms with Crippen LogP contribution in [0.2, 0.25) is 0 Å². The molecule has 1 aliphatic carbocycles. The summed E-state index contributed by atoms with van der Waals surface area (Å²) >= 11 is 0. The van der Waals surface area contributed by atoms with Crippen molar-refractivity contribution in [2.24, 2.45) is 5.92 Å². The van der Waals surface area contributed by atoms with Crippen molar-refractivity contribution < 1.29 is 4.79 Å². The summed E-state index contributed by atoms with van der Waals surface area (Å²) in [6.07, 6.45) is 6.26. The van der Waals surface area contributed by atoms with Crippen LogP contribution in [0.25, 0.3) is 0 Å². The van der Waals surface area contributed by atoms with Gasteiger partial charge in [0.25, 0.3) is 11.5 Å². The Morgan fingerprint density at radius 1 is 1.33 bits per heavy atom. The van der Waals surface area contributed by atoms with Gasteiger partial charge in [0.1, 0.15) is 5.69 Å². The van der Waals surface area contributed by atoms with Crippen LogP contribution in [0.1, 0.15) is 62.9 Å². The van der Waals surface area contributed by atoms with Gasteiger partial charge in [-0.25, -0.2) is 4.68 Å². The van der Waals surface area contributed by atoms with Crippen LogP contribution in [-0.2, 0) is 6.54 Å². The molecular formula is C16H25N3O2. The highest BCUT2D eigenvalue weighted by atomic mass is 16.2. The molecule has 21 heavy (non-hydrogen) atoms. The molecule has 5 heteroatoms. The Bertz CT molecular complexity index is 531. The molecule has 1 aromatic rings. The summed E-state index contributed by atoms with van der Waals surface area (Å²) in [6, 6.07) is 3.19. The molecule has 0 aromatic carbocycles. The molecule has 1 aliphatic rings. The van der Waals surface area contributed by atoms with Crippen molar-refractivity contribution in [1.82, 2.24) is 15.1 Å². The van der Waals surface area contributed by atoms with Crippen LogP contribution in [0.4, 0.5) is 0 Å². The van der Waals surface area contributed by atoms with E-state index in [1.807, 2.05) is 0 Å². The number of nitrogens with zero attached hydrogens (tertiary/aromatic N) is 2. The van der Waals surface area contributed by atoms with E-state index in [0.29, 0.717) is 12.2 Å². The second-order valence-electron chi connectivity index (χ2n) is 6.06. The normalized spacial score (nSPS) is 22.0. The first kappa shape index (κ1) is 15.7. The first-order chi connectivity index (χ1) is 10.1. The highest BCUT2D eigenvalue weighted by Gasteiger charge is 2.21. The maximum Gasteiger partial charge on any atom is 0.271 e. The Balaban J connectivity index is 2.00. The van der Waals surface area contributed by atoms with Crippen molar-refractivity contribution in [1.29, 1.82) is 0 Å². The molecule has 2 rings (SSSR count). The first-order valence-corrected chi connectivity index (χ1v) is 7.99. The lowest BCUT2D eigenvalue weighted by molar-refractivity contribution is 0.0915. The maximum absolute atomic E-state index is 12.2. The molecule has 116 valence electrons. The van der Waals surface area contributed by atoms with Crippen LogP contribution in [-0.4, -0.2) is 21.7 Å². The molecule has 1 fully saturated rings. The third-order valence-electron chi connectivity index (χ3n) is 4.17. The second-order valence-corrected chi connectivity index (χ2v) is 6.06. The van der Waals surface area contributed by atoms with Crippen molar-refractivity contribution in [3.63, 3.8) is 0 Å². The Hall–Kier alpha value is -1.65. The van der Waals surface area contributed by atoms with E-state index in [-0.39, 0.29) is 17.5 Å². The SMILES string of the molecule is CCCCn1nc(C(=O)NC2CCC(C)CC2)ccc1=O. The zero-order valence-electron chi connectivity index (χ0n) is 13.0. The number of nitrogens with one attached hydrogen (secondary N) is 1. The number of aromatic nitrogens is 2. The monoisotopic (exact) mass is 291 g/mol. The minimum absolute atomic E-state index is 0.147. The molecule has 5 nitrogen and oxygen atoms in total. The fourth-order valence-electron chi connectivity index (χ4n) is 2.70. The molecule has 0 spiro atoms. The van der Waals surface area contributed by atoms with Gasteiger partial charge in [0, 0.05) is 18.7 Å². The molecule has 1 aromatic heterocycles. The van der Waals surface area contributed by atoms with Crippen molar-refractivity contribution >= 4 is 5.91 Å². The van der Waals surface area contributed by atoms with E-state index in [1.165, 1.54) is 16.8 Å². The molecule has 1 N–H and O–H groups in total. The molecular weight excluding hydrogens is 266 g/mol. The van der Waals surface area contributed by atoms with Crippen LogP contribution in [0.15, 0.2) is 16.9 Å². The van der Waals surface area contributed by atoms with Gasteiger partial charge < -0.3 is 5.32 Å². The smallest absolute Gasteiger partial charge is 0.271 e. The number of hydrogen-bond donors (Lipinski definition) is 1. The average molecular weight is 291 g/mol. The number of rotatable bonds is 5. The summed E-state index contributed by atoms with van der Waals surface area (Å²) < 4.78 is 1.39. The highest BCUT2D eigenvalue weighted by Crippen LogP contribution is 2.23. The molecule has 0 radical (unpaired) electrons. The van der Waals surface area contributed by atoms with Crippen LogP contribution >= 0.6 is 0 Å². The summed E-state index contributed by atoms with van der Waals surface area (Å²) in [4.78, 5) is 23.9. The topological polar surface area (TPSA) is 64.0 Å².